The second-order valence-corrected chi connectivity index (χ2v) is 9.86. The topological polar surface area (TPSA) is 84.1 Å². The molecule has 2 aliphatic heterocycles. The minimum absolute atomic E-state index is 0.117. The largest absolute Gasteiger partial charge is 0.361 e. The summed E-state index contributed by atoms with van der Waals surface area (Å²) in [5.74, 6) is -1.25. The SMILES string of the molecule is CN1C(=O)C(c2c[nH]c3ccccc23)C(c2cn3c4c(cccc24)CCC3)C1=O.NCc1ccccc1. The second-order valence-electron chi connectivity index (χ2n) is 9.86. The van der Waals surface area contributed by atoms with Crippen molar-refractivity contribution in [2.24, 2.45) is 5.73 Å². The van der Waals surface area contributed by atoms with E-state index in [4.69, 9.17) is 5.73 Å². The summed E-state index contributed by atoms with van der Waals surface area (Å²) in [5, 5.41) is 2.11. The van der Waals surface area contributed by atoms with E-state index >= 15 is 0 Å². The molecular formula is C31H30N4O2. The molecule has 3 N–H and O–H groups in total. The van der Waals surface area contributed by atoms with E-state index in [0.29, 0.717) is 6.54 Å². The Hall–Kier alpha value is -4.16. The number of aryl methyl sites for hydroxylation is 2. The number of H-pyrrole nitrogens is 1. The molecule has 1 fully saturated rings. The summed E-state index contributed by atoms with van der Waals surface area (Å²) < 4.78 is 2.27. The number of aromatic amines is 1. The van der Waals surface area contributed by atoms with Gasteiger partial charge in [-0.3, -0.25) is 14.5 Å². The molecule has 0 aliphatic carbocycles. The Bertz CT molecular complexity index is 1610. The van der Waals surface area contributed by atoms with Gasteiger partial charge in [0.25, 0.3) is 0 Å². The van der Waals surface area contributed by atoms with Crippen molar-refractivity contribution in [1.29, 1.82) is 0 Å². The smallest absolute Gasteiger partial charge is 0.237 e. The number of likely N-dealkylation sites (tertiary alicyclic amines) is 1. The van der Waals surface area contributed by atoms with Crippen LogP contribution >= 0.6 is 0 Å². The maximum absolute atomic E-state index is 13.3. The zero-order chi connectivity index (χ0) is 25.5. The number of hydrogen-bond donors (Lipinski definition) is 2. The van der Waals surface area contributed by atoms with Crippen LogP contribution in [0, 0.1) is 0 Å². The third-order valence-electron chi connectivity index (χ3n) is 7.75. The van der Waals surface area contributed by atoms with E-state index in [1.165, 1.54) is 21.5 Å². The average molecular weight is 491 g/mol. The number of imide groups is 1. The van der Waals surface area contributed by atoms with Gasteiger partial charge in [0, 0.05) is 48.8 Å². The monoisotopic (exact) mass is 490 g/mol. The number of benzene rings is 3. The van der Waals surface area contributed by atoms with E-state index in [-0.39, 0.29) is 11.8 Å². The maximum Gasteiger partial charge on any atom is 0.237 e. The fourth-order valence-corrected chi connectivity index (χ4v) is 5.93. The van der Waals surface area contributed by atoms with Gasteiger partial charge in [0.2, 0.25) is 11.8 Å². The number of nitrogens with one attached hydrogen (secondary N) is 1. The molecule has 2 atom stereocenters. The number of fused-ring (bicyclic) bond motifs is 1. The predicted molar refractivity (Wildman–Crippen MR) is 146 cm³/mol. The summed E-state index contributed by atoms with van der Waals surface area (Å²) in [4.78, 5) is 31.1. The molecule has 2 aliphatic rings. The Morgan fingerprint density at radius 2 is 1.57 bits per heavy atom. The molecule has 2 unspecified atom stereocenters. The first-order valence-corrected chi connectivity index (χ1v) is 12.8. The molecular weight excluding hydrogens is 460 g/mol. The van der Waals surface area contributed by atoms with E-state index in [2.05, 4.69) is 33.9 Å². The van der Waals surface area contributed by atoms with Crippen LogP contribution in [0.25, 0.3) is 21.8 Å². The Morgan fingerprint density at radius 3 is 2.32 bits per heavy atom. The van der Waals surface area contributed by atoms with Gasteiger partial charge < -0.3 is 15.3 Å². The molecule has 186 valence electrons. The molecule has 4 heterocycles. The second kappa shape index (κ2) is 9.37. The van der Waals surface area contributed by atoms with Gasteiger partial charge in [-0.2, -0.15) is 0 Å². The van der Waals surface area contributed by atoms with Gasteiger partial charge in [0.1, 0.15) is 0 Å². The van der Waals surface area contributed by atoms with Gasteiger partial charge in [-0.25, -0.2) is 0 Å². The van der Waals surface area contributed by atoms with Crippen molar-refractivity contribution in [3.63, 3.8) is 0 Å². The van der Waals surface area contributed by atoms with Crippen molar-refractivity contribution in [3.05, 3.63) is 107 Å². The minimum Gasteiger partial charge on any atom is -0.361 e. The zero-order valence-corrected chi connectivity index (χ0v) is 20.9. The molecule has 6 heteroatoms. The lowest BCUT2D eigenvalue weighted by Gasteiger charge is -2.15. The van der Waals surface area contributed by atoms with Crippen LogP contribution in [-0.2, 0) is 29.1 Å². The van der Waals surface area contributed by atoms with Gasteiger partial charge in [-0.15, -0.1) is 0 Å². The Labute approximate surface area is 215 Å². The highest BCUT2D eigenvalue weighted by atomic mass is 16.2. The highest BCUT2D eigenvalue weighted by molar-refractivity contribution is 6.13. The molecule has 3 aromatic carbocycles. The van der Waals surface area contributed by atoms with Crippen molar-refractivity contribution < 1.29 is 9.59 Å². The first-order valence-electron chi connectivity index (χ1n) is 12.8. The fraction of sp³-hybridized carbons (Fsp3) is 0.226. The van der Waals surface area contributed by atoms with Crippen LogP contribution in [0.15, 0.2) is 85.2 Å². The van der Waals surface area contributed by atoms with E-state index in [1.807, 2.05) is 60.8 Å². The molecule has 5 aromatic rings. The number of aromatic nitrogens is 2. The van der Waals surface area contributed by atoms with Crippen LogP contribution in [0.2, 0.25) is 0 Å². The molecule has 2 aromatic heterocycles. The molecule has 6 nitrogen and oxygen atoms in total. The first kappa shape index (κ1) is 23.3. The van der Waals surface area contributed by atoms with Crippen LogP contribution in [0.4, 0.5) is 0 Å². The van der Waals surface area contributed by atoms with E-state index < -0.39 is 11.8 Å². The summed E-state index contributed by atoms with van der Waals surface area (Å²) in [6.45, 7) is 1.59. The molecule has 7 rings (SSSR count). The van der Waals surface area contributed by atoms with Gasteiger partial charge >= 0.3 is 0 Å². The van der Waals surface area contributed by atoms with Gasteiger partial charge in [-0.1, -0.05) is 66.7 Å². The average Bonchev–Trinajstić information content (AvgIpc) is 3.60. The maximum atomic E-state index is 13.3. The van der Waals surface area contributed by atoms with E-state index in [9.17, 15) is 9.59 Å². The number of rotatable bonds is 3. The quantitative estimate of drug-likeness (QED) is 0.346. The third-order valence-corrected chi connectivity index (χ3v) is 7.75. The lowest BCUT2D eigenvalue weighted by molar-refractivity contribution is -0.137. The molecule has 2 amide bonds. The standard InChI is InChI=1S/C24H21N3O2.C7H9N/c1-26-23(28)20(17-12-25-19-10-3-2-8-15(17)19)21(24(26)29)18-13-27-11-5-7-14-6-4-9-16(18)22(14)27;8-6-7-4-2-1-3-5-7/h2-4,6,8-10,12-13,20-21,25H,5,7,11H2,1H3;1-5H,6,8H2. The lowest BCUT2D eigenvalue weighted by Crippen LogP contribution is -2.25. The number of carbonyl (C=O) groups is 2. The van der Waals surface area contributed by atoms with Gasteiger partial charge in [0.15, 0.2) is 0 Å². The number of para-hydroxylation sites is 2. The van der Waals surface area contributed by atoms with Crippen LogP contribution < -0.4 is 5.73 Å². The van der Waals surface area contributed by atoms with Crippen LogP contribution in [0.3, 0.4) is 0 Å². The Morgan fingerprint density at radius 1 is 0.865 bits per heavy atom. The molecule has 1 saturated heterocycles. The van der Waals surface area contributed by atoms with Crippen LogP contribution in [0.5, 0.6) is 0 Å². The van der Waals surface area contributed by atoms with Crippen LogP contribution in [-0.4, -0.2) is 33.3 Å². The normalized spacial score (nSPS) is 18.9. The summed E-state index contributed by atoms with van der Waals surface area (Å²) >= 11 is 0. The third kappa shape index (κ3) is 3.85. The molecule has 0 radical (unpaired) electrons. The number of nitrogens with zero attached hydrogens (tertiary/aromatic N) is 2. The van der Waals surface area contributed by atoms with Crippen molar-refractivity contribution in [2.45, 2.75) is 37.8 Å². The highest BCUT2D eigenvalue weighted by Gasteiger charge is 2.49. The van der Waals surface area contributed by atoms with Crippen molar-refractivity contribution in [1.82, 2.24) is 14.5 Å². The van der Waals surface area contributed by atoms with E-state index in [0.717, 1.165) is 46.8 Å². The van der Waals surface area contributed by atoms with Gasteiger partial charge in [-0.05, 0) is 41.2 Å². The summed E-state index contributed by atoms with van der Waals surface area (Å²) in [6.07, 6.45) is 6.17. The number of amides is 2. The predicted octanol–water partition coefficient (Wildman–Crippen LogP) is 5.08. The highest BCUT2D eigenvalue weighted by Crippen LogP contribution is 2.46. The van der Waals surface area contributed by atoms with Crippen molar-refractivity contribution in [2.75, 3.05) is 7.05 Å². The number of hydrogen-bond acceptors (Lipinski definition) is 3. The molecule has 37 heavy (non-hydrogen) atoms. The minimum atomic E-state index is -0.507. The summed E-state index contributed by atoms with van der Waals surface area (Å²) in [7, 11) is 1.61. The first-order chi connectivity index (χ1) is 18.1. The van der Waals surface area contributed by atoms with Gasteiger partial charge in [0.05, 0.1) is 17.4 Å². The Kier molecular flexibility index (Phi) is 5.89. The van der Waals surface area contributed by atoms with E-state index in [1.54, 1.807) is 7.05 Å². The summed E-state index contributed by atoms with van der Waals surface area (Å²) in [5.41, 5.74) is 11.9. The van der Waals surface area contributed by atoms with Crippen molar-refractivity contribution in [3.8, 4) is 0 Å². The lowest BCUT2D eigenvalue weighted by atomic mass is 9.83. The fourth-order valence-electron chi connectivity index (χ4n) is 5.93. The Balaban J connectivity index is 0.000000272. The molecule has 0 spiro atoms. The number of nitrogens with two attached hydrogens (primary N) is 1. The number of likely N-dealkylation sites (N-methyl/N-ethyl adjacent to an activating group) is 1. The van der Waals surface area contributed by atoms with Crippen molar-refractivity contribution >= 4 is 33.6 Å². The molecule has 0 saturated carbocycles. The molecule has 0 bridgehead atoms. The number of carbonyl (C=O) groups excluding carboxylic acids is 2. The summed E-state index contributed by atoms with van der Waals surface area (Å²) in [6, 6.07) is 24.3. The van der Waals surface area contributed by atoms with Crippen LogP contribution in [0.1, 0.15) is 40.5 Å². The zero-order valence-electron chi connectivity index (χ0n) is 20.9.